The largest absolute Gasteiger partial charge is 0.496 e. The summed E-state index contributed by atoms with van der Waals surface area (Å²) in [5.74, 6) is 1.93. The summed E-state index contributed by atoms with van der Waals surface area (Å²) in [6, 6.07) is 9.80. The highest BCUT2D eigenvalue weighted by molar-refractivity contribution is 5.90. The van der Waals surface area contributed by atoms with Crippen LogP contribution in [0.25, 0.3) is 22.3 Å². The van der Waals surface area contributed by atoms with E-state index in [9.17, 15) is 4.79 Å². The summed E-state index contributed by atoms with van der Waals surface area (Å²) in [5.41, 5.74) is 2.48. The van der Waals surface area contributed by atoms with Crippen LogP contribution in [0.3, 0.4) is 0 Å². The second-order valence-corrected chi connectivity index (χ2v) is 10.5. The van der Waals surface area contributed by atoms with Crippen molar-refractivity contribution in [2.45, 2.75) is 41.2 Å². The van der Waals surface area contributed by atoms with E-state index in [2.05, 4.69) is 9.80 Å². The fourth-order valence-corrected chi connectivity index (χ4v) is 4.48. The maximum absolute atomic E-state index is 12.4. The molecule has 0 atom stereocenters. The normalized spacial score (nSPS) is 15.8. The van der Waals surface area contributed by atoms with Gasteiger partial charge in [-0.05, 0) is 51.1 Å². The third-order valence-corrected chi connectivity index (χ3v) is 6.68. The highest BCUT2D eigenvalue weighted by Gasteiger charge is 2.24. The van der Waals surface area contributed by atoms with Gasteiger partial charge < -0.3 is 28.7 Å². The maximum Gasteiger partial charge on any atom is 0.311 e. The van der Waals surface area contributed by atoms with Crippen LogP contribution in [0.15, 0.2) is 30.3 Å². The van der Waals surface area contributed by atoms with Crippen molar-refractivity contribution in [3.8, 4) is 17.0 Å². The van der Waals surface area contributed by atoms with E-state index in [-0.39, 0.29) is 12.6 Å². The van der Waals surface area contributed by atoms with Crippen LogP contribution in [-0.4, -0.2) is 80.6 Å². The Kier molecular flexibility index (Phi) is 9.76. The third-order valence-electron chi connectivity index (χ3n) is 6.68. The molecule has 0 saturated carbocycles. The van der Waals surface area contributed by atoms with E-state index in [0.717, 1.165) is 54.2 Å². The number of morpholine rings is 2. The van der Waals surface area contributed by atoms with Crippen LogP contribution in [0, 0.1) is 5.41 Å². The number of esters is 1. The molecule has 10 nitrogen and oxygen atoms in total. The van der Waals surface area contributed by atoms with E-state index in [0.29, 0.717) is 43.8 Å². The molecule has 0 unspecified atom stereocenters. The van der Waals surface area contributed by atoms with Crippen LogP contribution in [0.2, 0.25) is 0 Å². The van der Waals surface area contributed by atoms with E-state index in [1.165, 1.54) is 0 Å². The fraction of sp³-hybridized carbons (Fsp3) is 0.533. The molecule has 2 saturated heterocycles. The van der Waals surface area contributed by atoms with Crippen molar-refractivity contribution < 1.29 is 23.7 Å². The standard InChI is InChI=1S/C28H35N5O5.C2H6/c1-28(2,3)26(34)38-18-20-17-19(5-8-23(20)35-4)22-7-6-21-24(29-22)30-27(33-11-15-37-16-12-33)31-25(21)32-9-13-36-14-10-32;1-2/h5-8,17H,9-16,18H2,1-4H3;1-2H3. The zero-order valence-electron chi connectivity index (χ0n) is 24.5. The number of rotatable bonds is 6. The highest BCUT2D eigenvalue weighted by Crippen LogP contribution is 2.31. The van der Waals surface area contributed by atoms with Gasteiger partial charge in [-0.15, -0.1) is 0 Å². The van der Waals surface area contributed by atoms with E-state index < -0.39 is 5.41 Å². The molecule has 2 fully saturated rings. The van der Waals surface area contributed by atoms with Crippen LogP contribution >= 0.6 is 0 Å². The first-order valence-electron chi connectivity index (χ1n) is 14.0. The summed E-state index contributed by atoms with van der Waals surface area (Å²) in [6.07, 6.45) is 0. The van der Waals surface area contributed by atoms with Gasteiger partial charge in [-0.25, -0.2) is 4.98 Å². The fourth-order valence-electron chi connectivity index (χ4n) is 4.48. The van der Waals surface area contributed by atoms with Gasteiger partial charge in [0.1, 0.15) is 18.2 Å². The lowest BCUT2D eigenvalue weighted by Gasteiger charge is -2.31. The SMILES string of the molecule is CC.COc1ccc(-c2ccc3c(N4CCOCC4)nc(N4CCOCC4)nc3n2)cc1COC(=O)C(C)(C)C. The average molecular weight is 552 g/mol. The number of aromatic nitrogens is 3. The second kappa shape index (κ2) is 13.2. The number of hydrogen-bond acceptors (Lipinski definition) is 10. The molecular formula is C30H41N5O5. The van der Waals surface area contributed by atoms with Crippen molar-refractivity contribution in [1.29, 1.82) is 0 Å². The van der Waals surface area contributed by atoms with Gasteiger partial charge in [0.15, 0.2) is 5.65 Å². The van der Waals surface area contributed by atoms with Gasteiger partial charge in [-0.1, -0.05) is 13.8 Å². The summed E-state index contributed by atoms with van der Waals surface area (Å²) >= 11 is 0. The molecule has 40 heavy (non-hydrogen) atoms. The average Bonchev–Trinajstić information content (AvgIpc) is 3.00. The predicted octanol–water partition coefficient (Wildman–Crippen LogP) is 4.49. The van der Waals surface area contributed by atoms with E-state index in [4.69, 9.17) is 33.9 Å². The zero-order valence-corrected chi connectivity index (χ0v) is 24.5. The first-order chi connectivity index (χ1) is 19.3. The molecule has 0 radical (unpaired) electrons. The molecule has 2 aromatic heterocycles. The molecule has 1 aromatic carbocycles. The van der Waals surface area contributed by atoms with Gasteiger partial charge in [-0.3, -0.25) is 4.79 Å². The van der Waals surface area contributed by atoms with Gasteiger partial charge in [-0.2, -0.15) is 9.97 Å². The van der Waals surface area contributed by atoms with Gasteiger partial charge in [0.2, 0.25) is 5.95 Å². The van der Waals surface area contributed by atoms with Crippen LogP contribution in [0.4, 0.5) is 11.8 Å². The molecule has 10 heteroatoms. The molecule has 0 bridgehead atoms. The van der Waals surface area contributed by atoms with Crippen LogP contribution in [-0.2, 0) is 25.6 Å². The highest BCUT2D eigenvalue weighted by atomic mass is 16.5. The van der Waals surface area contributed by atoms with E-state index in [1.54, 1.807) is 7.11 Å². The predicted molar refractivity (Wildman–Crippen MR) is 156 cm³/mol. The van der Waals surface area contributed by atoms with E-state index in [1.807, 2.05) is 65.0 Å². The summed E-state index contributed by atoms with van der Waals surface area (Å²) in [7, 11) is 1.61. The van der Waals surface area contributed by atoms with Gasteiger partial charge in [0.05, 0.1) is 50.0 Å². The summed E-state index contributed by atoms with van der Waals surface area (Å²) in [4.78, 5) is 31.6. The Morgan fingerprint density at radius 1 is 0.900 bits per heavy atom. The Balaban J connectivity index is 0.00000181. The number of ether oxygens (including phenoxy) is 4. The molecule has 0 aliphatic carbocycles. The number of hydrogen-bond donors (Lipinski definition) is 0. The molecule has 0 amide bonds. The lowest BCUT2D eigenvalue weighted by Crippen LogP contribution is -2.39. The maximum atomic E-state index is 12.4. The number of carbonyl (C=O) groups excluding carboxylic acids is 1. The number of anilines is 2. The monoisotopic (exact) mass is 551 g/mol. The number of carbonyl (C=O) groups is 1. The van der Waals surface area contributed by atoms with Crippen molar-refractivity contribution in [3.05, 3.63) is 35.9 Å². The number of fused-ring (bicyclic) bond motifs is 1. The van der Waals surface area contributed by atoms with E-state index >= 15 is 0 Å². The summed E-state index contributed by atoms with van der Waals surface area (Å²) < 4.78 is 22.2. The molecule has 2 aliphatic heterocycles. The van der Waals surface area contributed by atoms with Crippen LogP contribution in [0.1, 0.15) is 40.2 Å². The first-order valence-corrected chi connectivity index (χ1v) is 14.0. The minimum Gasteiger partial charge on any atom is -0.496 e. The molecule has 216 valence electrons. The smallest absolute Gasteiger partial charge is 0.311 e. The van der Waals surface area contributed by atoms with Crippen molar-refractivity contribution in [2.24, 2.45) is 5.41 Å². The Morgan fingerprint density at radius 2 is 1.55 bits per heavy atom. The molecule has 4 heterocycles. The van der Waals surface area contributed by atoms with Gasteiger partial charge in [0, 0.05) is 37.3 Å². The minimum atomic E-state index is -0.583. The number of pyridine rings is 1. The lowest BCUT2D eigenvalue weighted by molar-refractivity contribution is -0.154. The first kappa shape index (κ1) is 29.5. The van der Waals surface area contributed by atoms with Gasteiger partial charge in [0.25, 0.3) is 0 Å². The van der Waals surface area contributed by atoms with Crippen molar-refractivity contribution in [2.75, 3.05) is 69.5 Å². The topological polar surface area (TPSA) is 99.1 Å². The van der Waals surface area contributed by atoms with Crippen molar-refractivity contribution in [3.63, 3.8) is 0 Å². The van der Waals surface area contributed by atoms with Crippen LogP contribution < -0.4 is 14.5 Å². The Labute approximate surface area is 236 Å². The quantitative estimate of drug-likeness (QED) is 0.408. The summed E-state index contributed by atoms with van der Waals surface area (Å²) in [6.45, 7) is 15.3. The second-order valence-electron chi connectivity index (χ2n) is 10.5. The number of nitrogens with zero attached hydrogens (tertiary/aromatic N) is 5. The third kappa shape index (κ3) is 6.79. The molecular weight excluding hydrogens is 510 g/mol. The summed E-state index contributed by atoms with van der Waals surface area (Å²) in [5, 5.41) is 0.903. The molecule has 3 aromatic rings. The Hall–Kier alpha value is -3.50. The molecule has 2 aliphatic rings. The Bertz CT molecular complexity index is 1300. The lowest BCUT2D eigenvalue weighted by atomic mass is 9.97. The van der Waals surface area contributed by atoms with Crippen molar-refractivity contribution >= 4 is 28.8 Å². The molecule has 5 rings (SSSR count). The Morgan fingerprint density at radius 3 is 2.17 bits per heavy atom. The molecule has 0 spiro atoms. The van der Waals surface area contributed by atoms with Crippen LogP contribution in [0.5, 0.6) is 5.75 Å². The van der Waals surface area contributed by atoms with Crippen molar-refractivity contribution in [1.82, 2.24) is 15.0 Å². The zero-order chi connectivity index (χ0) is 28.7. The molecule has 0 N–H and O–H groups in total. The minimum absolute atomic E-state index is 0.116. The number of methoxy groups -OCH3 is 1. The van der Waals surface area contributed by atoms with Gasteiger partial charge >= 0.3 is 5.97 Å². The number of benzene rings is 1.